The predicted molar refractivity (Wildman–Crippen MR) is 250 cm³/mol. The number of nitrogens with zero attached hydrogens (tertiary/aromatic N) is 5. The molecule has 3 aromatic heterocycles. The van der Waals surface area contributed by atoms with Crippen LogP contribution >= 0.6 is 0 Å². The van der Waals surface area contributed by atoms with E-state index in [0.29, 0.717) is 0 Å². The smallest absolute Gasteiger partial charge is 0.115 e. The topological polar surface area (TPSA) is 56.5 Å². The van der Waals surface area contributed by atoms with Gasteiger partial charge in [-0.05, 0) is 140 Å². The van der Waals surface area contributed by atoms with E-state index in [4.69, 9.17) is 0 Å². The van der Waals surface area contributed by atoms with Gasteiger partial charge in [0.05, 0.1) is 11.0 Å². The lowest BCUT2D eigenvalue weighted by Crippen LogP contribution is -1.93. The molecule has 11 aromatic rings. The lowest BCUT2D eigenvalue weighted by molar-refractivity contribution is 1.17. The van der Waals surface area contributed by atoms with Crippen LogP contribution < -0.4 is 0 Å². The van der Waals surface area contributed by atoms with Crippen LogP contribution in [0, 0.1) is 0 Å². The maximum absolute atomic E-state index is 4.25. The summed E-state index contributed by atoms with van der Waals surface area (Å²) in [4.78, 5) is 17.0. The minimum Gasteiger partial charge on any atom is -0.309 e. The predicted octanol–water partition coefficient (Wildman–Crippen LogP) is 14.0. The summed E-state index contributed by atoms with van der Waals surface area (Å²) in [5, 5.41) is 2.45. The number of aromatic nitrogens is 5. The lowest BCUT2D eigenvalue weighted by atomic mass is 9.90. The van der Waals surface area contributed by atoms with Crippen LogP contribution in [0.5, 0.6) is 0 Å². The Labute approximate surface area is 354 Å². The van der Waals surface area contributed by atoms with Crippen LogP contribution in [-0.2, 0) is 0 Å². The van der Waals surface area contributed by atoms with E-state index in [-0.39, 0.29) is 0 Å². The Morgan fingerprint density at radius 1 is 0.246 bits per heavy atom. The van der Waals surface area contributed by atoms with Crippen LogP contribution in [0.15, 0.2) is 225 Å². The summed E-state index contributed by atoms with van der Waals surface area (Å²) in [5.74, 6) is 0. The summed E-state index contributed by atoms with van der Waals surface area (Å²) < 4.78 is 2.37. The molecule has 0 unspecified atom stereocenters. The molecule has 8 aromatic carbocycles. The molecule has 0 bridgehead atoms. The number of fused-ring (bicyclic) bond motifs is 3. The first-order valence-corrected chi connectivity index (χ1v) is 20.4. The van der Waals surface area contributed by atoms with Gasteiger partial charge in [-0.1, -0.05) is 115 Å². The highest BCUT2D eigenvalue weighted by Crippen LogP contribution is 2.39. The molecule has 286 valence electrons. The summed E-state index contributed by atoms with van der Waals surface area (Å²) in [7, 11) is 0. The molecule has 0 atom stereocenters. The van der Waals surface area contributed by atoms with E-state index in [2.05, 4.69) is 213 Å². The van der Waals surface area contributed by atoms with Crippen molar-refractivity contribution in [1.82, 2.24) is 24.5 Å². The molecule has 0 N–H and O–H groups in total. The average molecular weight is 780 g/mol. The van der Waals surface area contributed by atoms with Gasteiger partial charge in [-0.3, -0.25) is 0 Å². The van der Waals surface area contributed by atoms with Crippen molar-refractivity contribution in [3.8, 4) is 83.6 Å². The Kier molecular flexibility index (Phi) is 9.10. The van der Waals surface area contributed by atoms with Crippen LogP contribution in [-0.4, -0.2) is 24.5 Å². The number of para-hydroxylation sites is 2. The molecule has 0 amide bonds. The van der Waals surface area contributed by atoms with Crippen molar-refractivity contribution >= 4 is 21.8 Å². The normalized spacial score (nSPS) is 11.3. The van der Waals surface area contributed by atoms with Gasteiger partial charge in [0.25, 0.3) is 0 Å². The van der Waals surface area contributed by atoms with Gasteiger partial charge in [0, 0.05) is 52.4 Å². The van der Waals surface area contributed by atoms with Crippen molar-refractivity contribution in [2.45, 2.75) is 0 Å². The first-order chi connectivity index (χ1) is 30.2. The Hall–Kier alpha value is -8.28. The summed E-state index contributed by atoms with van der Waals surface area (Å²) in [6.07, 6.45) is 10.6. The third kappa shape index (κ3) is 6.94. The second-order valence-corrected chi connectivity index (χ2v) is 15.3. The number of rotatable bonds is 8. The van der Waals surface area contributed by atoms with Crippen LogP contribution in [0.3, 0.4) is 0 Å². The summed E-state index contributed by atoms with van der Waals surface area (Å²) >= 11 is 0. The zero-order valence-electron chi connectivity index (χ0n) is 33.1. The van der Waals surface area contributed by atoms with Crippen molar-refractivity contribution in [2.24, 2.45) is 0 Å². The zero-order valence-corrected chi connectivity index (χ0v) is 33.1. The molecule has 0 saturated carbocycles. The Balaban J connectivity index is 1.06. The molecule has 11 rings (SSSR count). The maximum Gasteiger partial charge on any atom is 0.115 e. The van der Waals surface area contributed by atoms with E-state index in [1.165, 1.54) is 21.8 Å². The molecular formula is C56H37N5. The molecule has 0 saturated heterocycles. The van der Waals surface area contributed by atoms with Crippen molar-refractivity contribution in [1.29, 1.82) is 0 Å². The molecular weight excluding hydrogens is 743 g/mol. The fraction of sp³-hybridized carbons (Fsp3) is 0. The van der Waals surface area contributed by atoms with E-state index >= 15 is 0 Å². The summed E-state index contributed by atoms with van der Waals surface area (Å²) in [6.45, 7) is 0. The third-order valence-electron chi connectivity index (χ3n) is 11.5. The zero-order chi connectivity index (χ0) is 40.5. The van der Waals surface area contributed by atoms with Crippen LogP contribution in [0.1, 0.15) is 0 Å². The fourth-order valence-corrected chi connectivity index (χ4v) is 8.54. The standard InChI is InChI=1S/C56H37N5/c1-2-18-52(19-3-1)61-55-21-5-4-20-53(55)54-31-46(22-23-56(54)61)49-29-47(42-14-6-10-38(24-42)40-12-8-16-44(26-40)50-32-57-36-58-33-50)28-48(30-49)43-15-7-11-39(25-43)41-13-9-17-45(27-41)51-34-59-37-60-35-51/h1-37H. The first kappa shape index (κ1) is 35.8. The quantitative estimate of drug-likeness (QED) is 0.154. The minimum absolute atomic E-state index is 0.991. The van der Waals surface area contributed by atoms with Crippen LogP contribution in [0.4, 0.5) is 0 Å². The second kappa shape index (κ2) is 15.5. The third-order valence-corrected chi connectivity index (χ3v) is 11.5. The molecule has 0 fully saturated rings. The highest BCUT2D eigenvalue weighted by atomic mass is 15.0. The number of hydrogen-bond acceptors (Lipinski definition) is 4. The second-order valence-electron chi connectivity index (χ2n) is 15.3. The number of benzene rings is 8. The van der Waals surface area contributed by atoms with Gasteiger partial charge in [0.1, 0.15) is 12.7 Å². The van der Waals surface area contributed by atoms with Crippen molar-refractivity contribution in [3.05, 3.63) is 225 Å². The minimum atomic E-state index is 0.991. The van der Waals surface area contributed by atoms with Gasteiger partial charge >= 0.3 is 0 Å². The molecule has 61 heavy (non-hydrogen) atoms. The number of hydrogen-bond donors (Lipinski definition) is 0. The molecule has 3 heterocycles. The summed E-state index contributed by atoms with van der Waals surface area (Å²) in [5.41, 5.74) is 19.1. The molecule has 5 heteroatoms. The molecule has 0 spiro atoms. The molecule has 5 nitrogen and oxygen atoms in total. The highest BCUT2D eigenvalue weighted by Gasteiger charge is 2.15. The molecule has 0 aliphatic heterocycles. The summed E-state index contributed by atoms with van der Waals surface area (Å²) in [6, 6.07) is 68.2. The Morgan fingerprint density at radius 2 is 0.607 bits per heavy atom. The van der Waals surface area contributed by atoms with Crippen molar-refractivity contribution in [3.63, 3.8) is 0 Å². The van der Waals surface area contributed by atoms with Gasteiger partial charge < -0.3 is 4.57 Å². The van der Waals surface area contributed by atoms with Gasteiger partial charge in [0.15, 0.2) is 0 Å². The van der Waals surface area contributed by atoms with Crippen molar-refractivity contribution in [2.75, 3.05) is 0 Å². The van der Waals surface area contributed by atoms with E-state index in [0.717, 1.165) is 83.6 Å². The maximum atomic E-state index is 4.25. The first-order valence-electron chi connectivity index (χ1n) is 20.4. The average Bonchev–Trinajstić information content (AvgIpc) is 3.68. The SMILES string of the molecule is c1ccc(-n2c3ccccc3c3cc(-c4cc(-c5cccc(-c6cccc(-c7cncnc7)c6)c5)cc(-c5cccc(-c6cccc(-c7cncnc7)c6)c5)c4)ccc32)cc1. The monoisotopic (exact) mass is 779 g/mol. The van der Waals surface area contributed by atoms with Gasteiger partial charge in [-0.25, -0.2) is 19.9 Å². The fourth-order valence-electron chi connectivity index (χ4n) is 8.54. The largest absolute Gasteiger partial charge is 0.309 e. The van der Waals surface area contributed by atoms with Crippen LogP contribution in [0.25, 0.3) is 105 Å². The Bertz CT molecular complexity index is 3210. The van der Waals surface area contributed by atoms with Crippen molar-refractivity contribution < 1.29 is 0 Å². The lowest BCUT2D eigenvalue weighted by Gasteiger charge is -2.14. The van der Waals surface area contributed by atoms with E-state index in [1.807, 2.05) is 24.8 Å². The van der Waals surface area contributed by atoms with Gasteiger partial charge in [-0.2, -0.15) is 0 Å². The molecule has 0 aliphatic rings. The highest BCUT2D eigenvalue weighted by molar-refractivity contribution is 6.10. The Morgan fingerprint density at radius 3 is 1.08 bits per heavy atom. The van der Waals surface area contributed by atoms with E-state index < -0.39 is 0 Å². The van der Waals surface area contributed by atoms with Gasteiger partial charge in [-0.15, -0.1) is 0 Å². The molecule has 0 aliphatic carbocycles. The van der Waals surface area contributed by atoms with Gasteiger partial charge in [0.2, 0.25) is 0 Å². The van der Waals surface area contributed by atoms with E-state index in [1.54, 1.807) is 12.7 Å². The van der Waals surface area contributed by atoms with Crippen LogP contribution in [0.2, 0.25) is 0 Å². The molecule has 0 radical (unpaired) electrons. The van der Waals surface area contributed by atoms with E-state index in [9.17, 15) is 0 Å².